The standard InChI is InChI=1S/2C45H28N2/c1-3-12-29(13-4-1)30-22-24-31(25-23-30)42-34-16-7-9-18-36(34)43(37-19-10-8-17-35(37)42)33-26-27-41-39(28-33)38-20-11-21-40-44(38)47(41)45(46-40)32-14-5-2-6-15-32;1-2-11-29(12-3-1)30-21-23-31(24-22-30)42-35-14-4-6-16-37(35)43(38-17-7-5-15-36(38)42)32-25-27-33(28-26-32)45-46-40-19-10-18-39-34-13-8-9-20-41(34)47(45)44(39)40/h2*1-28H. The fourth-order valence-electron chi connectivity index (χ4n) is 15.3. The highest BCUT2D eigenvalue weighted by Crippen LogP contribution is 2.48. The van der Waals surface area contributed by atoms with Crippen LogP contribution in [0.5, 0.6) is 0 Å². The molecule has 20 rings (SSSR count). The molecule has 4 aromatic heterocycles. The minimum absolute atomic E-state index is 0.980. The molecular weight excluding hydrogens is 1140 g/mol. The first-order chi connectivity index (χ1) is 46.7. The first-order valence-corrected chi connectivity index (χ1v) is 32.3. The van der Waals surface area contributed by atoms with Crippen molar-refractivity contribution in [2.75, 3.05) is 0 Å². The van der Waals surface area contributed by atoms with Gasteiger partial charge in [-0.3, -0.25) is 8.80 Å². The van der Waals surface area contributed by atoms with Crippen molar-refractivity contribution >= 4 is 97.7 Å². The molecule has 0 saturated heterocycles. The van der Waals surface area contributed by atoms with Crippen molar-refractivity contribution in [2.45, 2.75) is 0 Å². The molecule has 0 aliphatic rings. The van der Waals surface area contributed by atoms with E-state index in [1.165, 1.54) is 153 Å². The molecule has 0 amide bonds. The lowest BCUT2D eigenvalue weighted by atomic mass is 9.85. The summed E-state index contributed by atoms with van der Waals surface area (Å²) in [5.41, 5.74) is 23.9. The molecule has 0 saturated carbocycles. The van der Waals surface area contributed by atoms with Crippen molar-refractivity contribution in [3.63, 3.8) is 0 Å². The first kappa shape index (κ1) is 53.3. The molecule has 94 heavy (non-hydrogen) atoms. The Bertz CT molecular complexity index is 6170. The molecule has 0 aliphatic carbocycles. The molecule has 0 unspecified atom stereocenters. The summed E-state index contributed by atoms with van der Waals surface area (Å²) < 4.78 is 4.68. The summed E-state index contributed by atoms with van der Waals surface area (Å²) in [6, 6.07) is 123. The Morgan fingerprint density at radius 2 is 0.436 bits per heavy atom. The Labute approximate surface area is 542 Å². The summed E-state index contributed by atoms with van der Waals surface area (Å²) in [4.78, 5) is 10.2. The van der Waals surface area contributed by atoms with Crippen LogP contribution in [0, 0.1) is 0 Å². The van der Waals surface area contributed by atoms with E-state index in [0.29, 0.717) is 0 Å². The van der Waals surface area contributed by atoms with Crippen LogP contribution >= 0.6 is 0 Å². The average molecular weight is 1190 g/mol. The highest BCUT2D eigenvalue weighted by atomic mass is 15.0. The van der Waals surface area contributed by atoms with Gasteiger partial charge in [-0.25, -0.2) is 9.97 Å². The van der Waals surface area contributed by atoms with E-state index in [4.69, 9.17) is 9.97 Å². The molecule has 0 N–H and O–H groups in total. The predicted octanol–water partition coefficient (Wildman–Crippen LogP) is 24.1. The Hall–Kier alpha value is -12.5. The molecule has 20 aromatic rings. The third kappa shape index (κ3) is 8.40. The highest BCUT2D eigenvalue weighted by molar-refractivity contribution is 6.24. The van der Waals surface area contributed by atoms with Gasteiger partial charge in [0.05, 0.1) is 33.1 Å². The third-order valence-electron chi connectivity index (χ3n) is 19.5. The van der Waals surface area contributed by atoms with E-state index >= 15 is 0 Å². The quantitative estimate of drug-likeness (QED) is 0.142. The lowest BCUT2D eigenvalue weighted by Gasteiger charge is -2.18. The Kier molecular flexibility index (Phi) is 12.3. The van der Waals surface area contributed by atoms with Gasteiger partial charge in [-0.2, -0.15) is 0 Å². The van der Waals surface area contributed by atoms with E-state index in [2.05, 4.69) is 349 Å². The first-order valence-electron chi connectivity index (χ1n) is 32.3. The van der Waals surface area contributed by atoms with Crippen LogP contribution in [0.15, 0.2) is 340 Å². The summed E-state index contributed by atoms with van der Waals surface area (Å²) in [7, 11) is 0. The van der Waals surface area contributed by atoms with Crippen molar-refractivity contribution < 1.29 is 0 Å². The number of benzene rings is 16. The minimum atomic E-state index is 0.980. The molecule has 436 valence electrons. The van der Waals surface area contributed by atoms with E-state index in [1.54, 1.807) is 0 Å². The number of fused-ring (bicyclic) bond motifs is 10. The van der Waals surface area contributed by atoms with Gasteiger partial charge in [0.2, 0.25) is 0 Å². The van der Waals surface area contributed by atoms with E-state index in [-0.39, 0.29) is 0 Å². The van der Waals surface area contributed by atoms with Gasteiger partial charge in [-0.05, 0) is 140 Å². The number of hydrogen-bond acceptors (Lipinski definition) is 2. The Balaban J connectivity index is 0.000000133. The summed E-state index contributed by atoms with van der Waals surface area (Å²) in [6.45, 7) is 0. The van der Waals surface area contributed by atoms with Crippen molar-refractivity contribution in [2.24, 2.45) is 0 Å². The fraction of sp³-hybridized carbons (Fsp3) is 0. The third-order valence-corrected chi connectivity index (χ3v) is 19.5. The number of para-hydroxylation sites is 3. The van der Waals surface area contributed by atoms with E-state index in [1.807, 2.05) is 0 Å². The SMILES string of the molecule is c1ccc(-c2ccc(-c3c4ccccc4c(-c4ccc(-c5nc6cccc7c8ccccc8n5c67)cc4)c4ccccc34)cc2)cc1.c1ccc(-c2ccc(-c3c4ccccc4c(-c4ccc5c(c4)c4cccc6nc(-c7ccccc7)n5c64)c4ccccc34)cc2)cc1. The van der Waals surface area contributed by atoms with Gasteiger partial charge in [0.1, 0.15) is 11.6 Å². The van der Waals surface area contributed by atoms with Gasteiger partial charge >= 0.3 is 0 Å². The number of rotatable bonds is 8. The number of aromatic nitrogens is 4. The van der Waals surface area contributed by atoms with Crippen molar-refractivity contribution in [1.82, 2.24) is 18.8 Å². The van der Waals surface area contributed by atoms with Crippen LogP contribution in [0.2, 0.25) is 0 Å². The molecule has 0 aliphatic heterocycles. The zero-order valence-corrected chi connectivity index (χ0v) is 51.1. The maximum atomic E-state index is 5.13. The minimum Gasteiger partial charge on any atom is -0.291 e. The Morgan fingerprint density at radius 1 is 0.170 bits per heavy atom. The second-order valence-electron chi connectivity index (χ2n) is 24.6. The van der Waals surface area contributed by atoms with Crippen LogP contribution in [-0.4, -0.2) is 18.8 Å². The smallest absolute Gasteiger partial charge is 0.145 e. The molecular formula is C90H56N4. The molecule has 0 fully saturated rings. The van der Waals surface area contributed by atoms with Crippen molar-refractivity contribution in [3.05, 3.63) is 340 Å². The number of hydrogen-bond donors (Lipinski definition) is 0. The molecule has 16 aromatic carbocycles. The Morgan fingerprint density at radius 3 is 0.840 bits per heavy atom. The van der Waals surface area contributed by atoms with Gasteiger partial charge in [0.25, 0.3) is 0 Å². The van der Waals surface area contributed by atoms with E-state index in [0.717, 1.165) is 33.8 Å². The van der Waals surface area contributed by atoms with Gasteiger partial charge in [-0.15, -0.1) is 0 Å². The lowest BCUT2D eigenvalue weighted by molar-refractivity contribution is 1.23. The molecule has 0 atom stereocenters. The topological polar surface area (TPSA) is 34.6 Å². The maximum absolute atomic E-state index is 5.13. The highest BCUT2D eigenvalue weighted by Gasteiger charge is 2.24. The summed E-state index contributed by atoms with van der Waals surface area (Å²) in [5, 5.41) is 15.1. The zero-order valence-electron chi connectivity index (χ0n) is 51.1. The molecule has 4 heteroatoms. The molecule has 4 heterocycles. The molecule has 4 nitrogen and oxygen atoms in total. The van der Waals surface area contributed by atoms with Crippen LogP contribution < -0.4 is 0 Å². The number of nitrogens with zero attached hydrogens (tertiary/aromatic N) is 4. The lowest BCUT2D eigenvalue weighted by Crippen LogP contribution is -1.92. The zero-order chi connectivity index (χ0) is 61.8. The van der Waals surface area contributed by atoms with E-state index < -0.39 is 0 Å². The molecule has 0 radical (unpaired) electrons. The van der Waals surface area contributed by atoms with Gasteiger partial charge in [0, 0.05) is 32.7 Å². The largest absolute Gasteiger partial charge is 0.291 e. The normalized spacial score (nSPS) is 11.8. The van der Waals surface area contributed by atoms with Crippen LogP contribution in [-0.2, 0) is 0 Å². The summed E-state index contributed by atoms with van der Waals surface area (Å²) in [5.74, 6) is 1.96. The second-order valence-corrected chi connectivity index (χ2v) is 24.6. The van der Waals surface area contributed by atoms with Crippen LogP contribution in [0.3, 0.4) is 0 Å². The number of imidazole rings is 2. The second kappa shape index (κ2) is 21.6. The van der Waals surface area contributed by atoms with Crippen LogP contribution in [0.4, 0.5) is 0 Å². The monoisotopic (exact) mass is 1190 g/mol. The van der Waals surface area contributed by atoms with Crippen molar-refractivity contribution in [1.29, 1.82) is 0 Å². The van der Waals surface area contributed by atoms with Crippen molar-refractivity contribution in [3.8, 4) is 89.5 Å². The predicted molar refractivity (Wildman–Crippen MR) is 396 cm³/mol. The van der Waals surface area contributed by atoms with Gasteiger partial charge < -0.3 is 0 Å². The van der Waals surface area contributed by atoms with Gasteiger partial charge in [-0.1, -0.05) is 309 Å². The van der Waals surface area contributed by atoms with Crippen LogP contribution in [0.1, 0.15) is 0 Å². The average Bonchev–Trinajstić information content (AvgIpc) is 1.39. The maximum Gasteiger partial charge on any atom is 0.145 e. The molecule has 0 spiro atoms. The summed E-state index contributed by atoms with van der Waals surface area (Å²) in [6.07, 6.45) is 0. The fourth-order valence-corrected chi connectivity index (χ4v) is 15.3. The van der Waals surface area contributed by atoms with Crippen LogP contribution in [0.25, 0.3) is 187 Å². The van der Waals surface area contributed by atoms with Gasteiger partial charge in [0.15, 0.2) is 0 Å². The molecule has 0 bridgehead atoms. The summed E-state index contributed by atoms with van der Waals surface area (Å²) >= 11 is 0. The van der Waals surface area contributed by atoms with E-state index in [9.17, 15) is 0 Å².